The SMILES string of the molecule is COc1ccc(CC(=O)NCCn2nc(C(F)(F)F)c3c2CCOC3)cc1. The molecule has 2 aromatic rings. The van der Waals surface area contributed by atoms with Gasteiger partial charge in [0.1, 0.15) is 5.75 Å². The fourth-order valence-electron chi connectivity index (χ4n) is 3.01. The quantitative estimate of drug-likeness (QED) is 0.832. The fraction of sp³-hybridized carbons (Fsp3) is 0.444. The lowest BCUT2D eigenvalue weighted by Crippen LogP contribution is -2.29. The van der Waals surface area contributed by atoms with Crippen LogP contribution < -0.4 is 10.1 Å². The number of rotatable bonds is 6. The van der Waals surface area contributed by atoms with Crippen molar-refractivity contribution in [3.8, 4) is 5.75 Å². The molecule has 0 aliphatic carbocycles. The van der Waals surface area contributed by atoms with Crippen molar-refractivity contribution in [3.63, 3.8) is 0 Å². The van der Waals surface area contributed by atoms with Crippen LogP contribution in [-0.2, 0) is 41.7 Å². The lowest BCUT2D eigenvalue weighted by atomic mass is 10.1. The van der Waals surface area contributed by atoms with Crippen LogP contribution >= 0.6 is 0 Å². The number of methoxy groups -OCH3 is 1. The molecule has 9 heteroatoms. The number of hydrogen-bond donors (Lipinski definition) is 1. The predicted molar refractivity (Wildman–Crippen MR) is 90.3 cm³/mol. The fourth-order valence-corrected chi connectivity index (χ4v) is 3.01. The lowest BCUT2D eigenvalue weighted by Gasteiger charge is -2.15. The first kappa shape index (κ1) is 19.2. The molecule has 0 spiro atoms. The molecule has 27 heavy (non-hydrogen) atoms. The van der Waals surface area contributed by atoms with E-state index in [4.69, 9.17) is 9.47 Å². The van der Waals surface area contributed by atoms with Crippen molar-refractivity contribution in [1.82, 2.24) is 15.1 Å². The van der Waals surface area contributed by atoms with E-state index in [9.17, 15) is 18.0 Å². The van der Waals surface area contributed by atoms with Crippen LogP contribution in [0.4, 0.5) is 13.2 Å². The average molecular weight is 383 g/mol. The third kappa shape index (κ3) is 4.60. The largest absolute Gasteiger partial charge is 0.497 e. The van der Waals surface area contributed by atoms with E-state index in [1.807, 2.05) is 0 Å². The van der Waals surface area contributed by atoms with Crippen molar-refractivity contribution < 1.29 is 27.4 Å². The molecule has 0 unspecified atom stereocenters. The summed E-state index contributed by atoms with van der Waals surface area (Å²) in [4.78, 5) is 12.0. The zero-order chi connectivity index (χ0) is 19.4. The number of alkyl halides is 3. The van der Waals surface area contributed by atoms with Gasteiger partial charge < -0.3 is 14.8 Å². The highest BCUT2D eigenvalue weighted by Crippen LogP contribution is 2.34. The standard InChI is InChI=1S/C18H20F3N3O3/c1-26-13-4-2-12(3-5-13)10-16(25)22-7-8-24-15-6-9-27-11-14(15)17(23-24)18(19,20)21/h2-5H,6-11H2,1H3,(H,22,25). The van der Waals surface area contributed by atoms with Gasteiger partial charge in [0.25, 0.3) is 0 Å². The Morgan fingerprint density at radius 3 is 2.74 bits per heavy atom. The van der Waals surface area contributed by atoms with Crippen LogP contribution in [-0.4, -0.2) is 35.9 Å². The molecule has 1 aromatic carbocycles. The van der Waals surface area contributed by atoms with E-state index >= 15 is 0 Å². The Morgan fingerprint density at radius 1 is 1.33 bits per heavy atom. The van der Waals surface area contributed by atoms with Crippen molar-refractivity contribution in [2.45, 2.75) is 32.2 Å². The summed E-state index contributed by atoms with van der Waals surface area (Å²) < 4.78 is 50.9. The molecule has 6 nitrogen and oxygen atoms in total. The van der Waals surface area contributed by atoms with Crippen LogP contribution in [0.3, 0.4) is 0 Å². The minimum absolute atomic E-state index is 0.0893. The van der Waals surface area contributed by atoms with Crippen LogP contribution in [0.1, 0.15) is 22.5 Å². The molecule has 0 saturated heterocycles. The molecule has 0 atom stereocenters. The van der Waals surface area contributed by atoms with Gasteiger partial charge in [0.2, 0.25) is 5.91 Å². The van der Waals surface area contributed by atoms with E-state index in [0.29, 0.717) is 24.5 Å². The van der Waals surface area contributed by atoms with Gasteiger partial charge in [-0.05, 0) is 17.7 Å². The van der Waals surface area contributed by atoms with Gasteiger partial charge >= 0.3 is 6.18 Å². The number of halogens is 3. The number of hydrogen-bond acceptors (Lipinski definition) is 4. The van der Waals surface area contributed by atoms with Crippen LogP contribution in [0.25, 0.3) is 0 Å². The number of amides is 1. The second kappa shape index (κ2) is 7.99. The molecule has 146 valence electrons. The van der Waals surface area contributed by atoms with E-state index in [-0.39, 0.29) is 37.6 Å². The predicted octanol–water partition coefficient (Wildman–Crippen LogP) is 2.34. The lowest BCUT2D eigenvalue weighted by molar-refractivity contribution is -0.142. The Labute approximate surface area is 154 Å². The van der Waals surface area contributed by atoms with Gasteiger partial charge in [-0.15, -0.1) is 0 Å². The van der Waals surface area contributed by atoms with Crippen molar-refractivity contribution in [1.29, 1.82) is 0 Å². The molecule has 3 rings (SSSR count). The monoisotopic (exact) mass is 383 g/mol. The van der Waals surface area contributed by atoms with Gasteiger partial charge in [-0.25, -0.2) is 0 Å². The highest BCUT2D eigenvalue weighted by Gasteiger charge is 2.39. The van der Waals surface area contributed by atoms with E-state index in [1.54, 1.807) is 31.4 Å². The van der Waals surface area contributed by atoms with Crippen LogP contribution in [0.5, 0.6) is 5.75 Å². The molecule has 0 saturated carbocycles. The first-order valence-corrected chi connectivity index (χ1v) is 8.51. The summed E-state index contributed by atoms with van der Waals surface area (Å²) in [6.45, 7) is 0.641. The summed E-state index contributed by atoms with van der Waals surface area (Å²) in [5, 5.41) is 6.43. The maximum absolute atomic E-state index is 13.1. The second-order valence-corrected chi connectivity index (χ2v) is 6.17. The molecule has 1 amide bonds. The number of fused-ring (bicyclic) bond motifs is 1. The molecule has 0 bridgehead atoms. The Morgan fingerprint density at radius 2 is 2.07 bits per heavy atom. The molecule has 2 heterocycles. The van der Waals surface area contributed by atoms with Crippen molar-refractivity contribution in [3.05, 3.63) is 46.8 Å². The third-order valence-corrected chi connectivity index (χ3v) is 4.33. The Balaban J connectivity index is 1.58. The number of aromatic nitrogens is 2. The van der Waals surface area contributed by atoms with Crippen molar-refractivity contribution in [2.24, 2.45) is 0 Å². The number of benzene rings is 1. The van der Waals surface area contributed by atoms with E-state index in [1.165, 1.54) is 4.68 Å². The Bertz CT molecular complexity index is 801. The average Bonchev–Trinajstić information content (AvgIpc) is 3.02. The third-order valence-electron chi connectivity index (χ3n) is 4.33. The van der Waals surface area contributed by atoms with Gasteiger partial charge in [0.05, 0.1) is 33.3 Å². The molecule has 0 fully saturated rings. The first-order valence-electron chi connectivity index (χ1n) is 8.51. The second-order valence-electron chi connectivity index (χ2n) is 6.17. The maximum atomic E-state index is 13.1. The van der Waals surface area contributed by atoms with Crippen molar-refractivity contribution in [2.75, 3.05) is 20.3 Å². The van der Waals surface area contributed by atoms with Gasteiger partial charge in [0, 0.05) is 24.2 Å². The zero-order valence-corrected chi connectivity index (χ0v) is 14.8. The smallest absolute Gasteiger partial charge is 0.435 e. The van der Waals surface area contributed by atoms with Crippen LogP contribution in [0, 0.1) is 0 Å². The molecule has 1 aromatic heterocycles. The molecular weight excluding hydrogens is 363 g/mol. The number of carbonyl (C=O) groups is 1. The Kier molecular flexibility index (Phi) is 5.69. The van der Waals surface area contributed by atoms with Crippen LogP contribution in [0.15, 0.2) is 24.3 Å². The van der Waals surface area contributed by atoms with Crippen LogP contribution in [0.2, 0.25) is 0 Å². The molecule has 1 aliphatic rings. The summed E-state index contributed by atoms with van der Waals surface area (Å²) in [5.41, 5.74) is 0.541. The topological polar surface area (TPSA) is 65.4 Å². The van der Waals surface area contributed by atoms with E-state index in [2.05, 4.69) is 10.4 Å². The Hall–Kier alpha value is -2.55. The summed E-state index contributed by atoms with van der Waals surface area (Å²) in [5.74, 6) is 0.493. The minimum atomic E-state index is -4.52. The molecule has 1 aliphatic heterocycles. The number of nitrogens with zero attached hydrogens (tertiary/aromatic N) is 2. The summed E-state index contributed by atoms with van der Waals surface area (Å²) in [6.07, 6.45) is -3.96. The molecule has 1 N–H and O–H groups in total. The normalized spacial score (nSPS) is 13.9. The summed E-state index contributed by atoms with van der Waals surface area (Å²) in [7, 11) is 1.56. The van der Waals surface area contributed by atoms with Gasteiger partial charge in [0.15, 0.2) is 5.69 Å². The molecular formula is C18H20F3N3O3. The number of nitrogens with one attached hydrogen (secondary N) is 1. The molecule has 0 radical (unpaired) electrons. The van der Waals surface area contributed by atoms with Gasteiger partial charge in [-0.3, -0.25) is 9.48 Å². The number of carbonyl (C=O) groups excluding carboxylic acids is 1. The zero-order valence-electron chi connectivity index (χ0n) is 14.8. The highest BCUT2D eigenvalue weighted by molar-refractivity contribution is 5.78. The van der Waals surface area contributed by atoms with Gasteiger partial charge in [-0.2, -0.15) is 18.3 Å². The highest BCUT2D eigenvalue weighted by atomic mass is 19.4. The summed E-state index contributed by atoms with van der Waals surface area (Å²) in [6, 6.07) is 7.11. The van der Waals surface area contributed by atoms with E-state index < -0.39 is 11.9 Å². The van der Waals surface area contributed by atoms with Crippen molar-refractivity contribution >= 4 is 5.91 Å². The first-order chi connectivity index (χ1) is 12.9. The van der Waals surface area contributed by atoms with Gasteiger partial charge in [-0.1, -0.05) is 12.1 Å². The number of ether oxygens (including phenoxy) is 2. The maximum Gasteiger partial charge on any atom is 0.435 e. The summed E-state index contributed by atoms with van der Waals surface area (Å²) >= 11 is 0. The minimum Gasteiger partial charge on any atom is -0.497 e. The van der Waals surface area contributed by atoms with E-state index in [0.717, 1.165) is 5.56 Å².